The number of fused-ring (bicyclic) bond motifs is 1. The number of nitrogens with zero attached hydrogens (tertiary/aromatic N) is 1. The predicted octanol–water partition coefficient (Wildman–Crippen LogP) is 1.28. The van der Waals surface area contributed by atoms with E-state index in [1.54, 1.807) is 7.11 Å². The smallest absolute Gasteiger partial charge is 0.253 e. The summed E-state index contributed by atoms with van der Waals surface area (Å²) in [5.74, 6) is -0.0805. The van der Waals surface area contributed by atoms with Gasteiger partial charge >= 0.3 is 0 Å². The normalized spacial score (nSPS) is 20.3. The second kappa shape index (κ2) is 4.00. The number of carbonyl (C=O) groups excluding carboxylic acids is 1. The fraction of sp³-hybridized carbons (Fsp3) is 0.364. The Labute approximate surface area is 88.4 Å². The average molecular weight is 207 g/mol. The van der Waals surface area contributed by atoms with E-state index < -0.39 is 6.23 Å². The predicted molar refractivity (Wildman–Crippen MR) is 53.8 cm³/mol. The van der Waals surface area contributed by atoms with Gasteiger partial charge in [0.05, 0.1) is 13.5 Å². The molecule has 4 nitrogen and oxygen atoms in total. The lowest BCUT2D eigenvalue weighted by Gasteiger charge is -2.33. The molecule has 0 fully saturated rings. The third kappa shape index (κ3) is 1.62. The summed E-state index contributed by atoms with van der Waals surface area (Å²) < 4.78 is 5.27. The van der Waals surface area contributed by atoms with Crippen molar-refractivity contribution in [2.24, 2.45) is 0 Å². The third-order valence-electron chi connectivity index (χ3n) is 2.54. The Morgan fingerprint density at radius 3 is 2.73 bits per heavy atom. The van der Waals surface area contributed by atoms with E-state index in [1.807, 2.05) is 24.3 Å². The van der Waals surface area contributed by atoms with E-state index in [4.69, 9.17) is 9.57 Å². The van der Waals surface area contributed by atoms with Crippen LogP contribution in [-0.2, 0) is 20.8 Å². The Kier molecular flexibility index (Phi) is 2.70. The molecule has 1 aliphatic heterocycles. The quantitative estimate of drug-likeness (QED) is 0.733. The first kappa shape index (κ1) is 10.1. The van der Waals surface area contributed by atoms with Crippen LogP contribution in [0.4, 0.5) is 0 Å². The Balaban J connectivity index is 2.44. The lowest BCUT2D eigenvalue weighted by atomic mass is 9.99. The maximum absolute atomic E-state index is 11.7. The molecule has 15 heavy (non-hydrogen) atoms. The molecule has 2 rings (SSSR count). The Hall–Kier alpha value is -1.39. The lowest BCUT2D eigenvalue weighted by molar-refractivity contribution is -0.232. The van der Waals surface area contributed by atoms with Gasteiger partial charge < -0.3 is 4.74 Å². The molecule has 0 spiro atoms. The topological polar surface area (TPSA) is 38.8 Å². The second-order valence-electron chi connectivity index (χ2n) is 3.37. The highest BCUT2D eigenvalue weighted by Gasteiger charge is 2.32. The van der Waals surface area contributed by atoms with Crippen molar-refractivity contribution < 1.29 is 14.4 Å². The number of hydrogen-bond donors (Lipinski definition) is 0. The third-order valence-corrected chi connectivity index (χ3v) is 2.54. The molecule has 1 atom stereocenters. The molecule has 4 heteroatoms. The fourth-order valence-corrected chi connectivity index (χ4v) is 1.85. The lowest BCUT2D eigenvalue weighted by Crippen LogP contribution is -2.40. The minimum absolute atomic E-state index is 0.0805. The van der Waals surface area contributed by atoms with Crippen LogP contribution >= 0.6 is 0 Å². The van der Waals surface area contributed by atoms with Crippen molar-refractivity contribution in [1.29, 1.82) is 0 Å². The molecule has 0 N–H and O–H groups in total. The monoisotopic (exact) mass is 207 g/mol. The van der Waals surface area contributed by atoms with E-state index in [9.17, 15) is 4.79 Å². The van der Waals surface area contributed by atoms with E-state index in [-0.39, 0.29) is 5.91 Å². The molecule has 1 aromatic carbocycles. The second-order valence-corrected chi connectivity index (χ2v) is 3.37. The number of hydrogen-bond acceptors (Lipinski definition) is 3. The highest BCUT2D eigenvalue weighted by Crippen LogP contribution is 2.30. The van der Waals surface area contributed by atoms with Crippen molar-refractivity contribution in [3.8, 4) is 0 Å². The molecule has 1 heterocycles. The van der Waals surface area contributed by atoms with E-state index in [2.05, 4.69) is 0 Å². The van der Waals surface area contributed by atoms with E-state index >= 15 is 0 Å². The first-order chi connectivity index (χ1) is 7.27. The molecule has 0 saturated carbocycles. The first-order valence-electron chi connectivity index (χ1n) is 4.74. The van der Waals surface area contributed by atoms with Gasteiger partial charge in [0, 0.05) is 12.7 Å². The number of methoxy groups -OCH3 is 1. The van der Waals surface area contributed by atoms with Crippen LogP contribution in [0.2, 0.25) is 0 Å². The van der Waals surface area contributed by atoms with Crippen LogP contribution in [-0.4, -0.2) is 25.2 Å². The minimum atomic E-state index is -0.438. The summed E-state index contributed by atoms with van der Waals surface area (Å²) in [5, 5.41) is 1.27. The average Bonchev–Trinajstić information content (AvgIpc) is 2.27. The molecule has 0 bridgehead atoms. The number of amides is 1. The molecule has 0 saturated heterocycles. The van der Waals surface area contributed by atoms with Crippen molar-refractivity contribution >= 4 is 5.91 Å². The van der Waals surface area contributed by atoms with Crippen molar-refractivity contribution in [2.45, 2.75) is 12.6 Å². The van der Waals surface area contributed by atoms with Crippen molar-refractivity contribution in [1.82, 2.24) is 5.06 Å². The summed E-state index contributed by atoms with van der Waals surface area (Å²) in [4.78, 5) is 16.7. The van der Waals surface area contributed by atoms with Gasteiger partial charge in [-0.05, 0) is 5.56 Å². The molecule has 1 aliphatic rings. The first-order valence-corrected chi connectivity index (χ1v) is 4.74. The number of benzene rings is 1. The summed E-state index contributed by atoms with van der Waals surface area (Å²) in [7, 11) is 3.03. The highest BCUT2D eigenvalue weighted by molar-refractivity contribution is 5.80. The largest absolute Gasteiger partial charge is 0.355 e. The zero-order chi connectivity index (χ0) is 10.8. The SMILES string of the molecule is COC1c2ccccc2CC(=O)N1OC. The molecule has 0 radical (unpaired) electrons. The maximum atomic E-state index is 11.7. The van der Waals surface area contributed by atoms with E-state index in [1.165, 1.54) is 12.2 Å². The Morgan fingerprint density at radius 1 is 1.33 bits per heavy atom. The van der Waals surface area contributed by atoms with Gasteiger partial charge in [-0.2, -0.15) is 5.06 Å². The molecule has 0 aliphatic carbocycles. The van der Waals surface area contributed by atoms with Crippen molar-refractivity contribution in [2.75, 3.05) is 14.2 Å². The highest BCUT2D eigenvalue weighted by atomic mass is 16.7. The zero-order valence-corrected chi connectivity index (χ0v) is 8.77. The van der Waals surface area contributed by atoms with Gasteiger partial charge in [0.1, 0.15) is 0 Å². The molecular formula is C11H13NO3. The summed E-state index contributed by atoms with van der Waals surface area (Å²) in [6, 6.07) is 7.73. The van der Waals surface area contributed by atoms with Crippen LogP contribution in [0.5, 0.6) is 0 Å². The summed E-state index contributed by atoms with van der Waals surface area (Å²) in [6.07, 6.45) is -0.0726. The van der Waals surface area contributed by atoms with Gasteiger partial charge in [0.25, 0.3) is 5.91 Å². The maximum Gasteiger partial charge on any atom is 0.253 e. The number of rotatable bonds is 2. The minimum Gasteiger partial charge on any atom is -0.355 e. The van der Waals surface area contributed by atoms with Crippen LogP contribution in [0.15, 0.2) is 24.3 Å². The number of hydroxylamine groups is 2. The standard InChI is InChI=1S/C11H13NO3/c1-14-11-9-6-4-3-5-8(9)7-10(13)12(11)15-2/h3-6,11H,7H2,1-2H3. The van der Waals surface area contributed by atoms with Crippen LogP contribution in [0, 0.1) is 0 Å². The molecule has 0 aromatic heterocycles. The molecule has 1 amide bonds. The van der Waals surface area contributed by atoms with Crippen molar-refractivity contribution in [3.63, 3.8) is 0 Å². The van der Waals surface area contributed by atoms with Gasteiger partial charge in [0.15, 0.2) is 6.23 Å². The molecule has 80 valence electrons. The Morgan fingerprint density at radius 2 is 2.07 bits per heavy atom. The fourth-order valence-electron chi connectivity index (χ4n) is 1.85. The summed E-state index contributed by atoms with van der Waals surface area (Å²) >= 11 is 0. The Bertz CT molecular complexity index is 378. The van der Waals surface area contributed by atoms with Gasteiger partial charge in [-0.3, -0.25) is 9.63 Å². The van der Waals surface area contributed by atoms with Crippen LogP contribution < -0.4 is 0 Å². The molecule has 1 unspecified atom stereocenters. The van der Waals surface area contributed by atoms with Gasteiger partial charge in [0.2, 0.25) is 0 Å². The van der Waals surface area contributed by atoms with Gasteiger partial charge in [-0.15, -0.1) is 0 Å². The molecule has 1 aromatic rings. The summed E-state index contributed by atoms with van der Waals surface area (Å²) in [5.41, 5.74) is 1.99. The van der Waals surface area contributed by atoms with Gasteiger partial charge in [-0.1, -0.05) is 24.3 Å². The van der Waals surface area contributed by atoms with Crippen LogP contribution in [0.1, 0.15) is 17.4 Å². The zero-order valence-electron chi connectivity index (χ0n) is 8.77. The van der Waals surface area contributed by atoms with Crippen LogP contribution in [0.3, 0.4) is 0 Å². The summed E-state index contributed by atoms with van der Waals surface area (Å²) in [6.45, 7) is 0. The molecular weight excluding hydrogens is 194 g/mol. The van der Waals surface area contributed by atoms with E-state index in [0.717, 1.165) is 11.1 Å². The number of ether oxygens (including phenoxy) is 1. The van der Waals surface area contributed by atoms with Crippen LogP contribution in [0.25, 0.3) is 0 Å². The number of carbonyl (C=O) groups is 1. The van der Waals surface area contributed by atoms with E-state index in [0.29, 0.717) is 6.42 Å². The van der Waals surface area contributed by atoms with Gasteiger partial charge in [-0.25, -0.2) is 0 Å². The van der Waals surface area contributed by atoms with Crippen molar-refractivity contribution in [3.05, 3.63) is 35.4 Å².